The van der Waals surface area contributed by atoms with Gasteiger partial charge >= 0.3 is 0 Å². The number of amides is 1. The molecule has 0 saturated carbocycles. The Bertz CT molecular complexity index is 1240. The van der Waals surface area contributed by atoms with Crippen LogP contribution in [0.3, 0.4) is 0 Å². The second kappa shape index (κ2) is 6.37. The Hall–Kier alpha value is -3.45. The lowest BCUT2D eigenvalue weighted by Crippen LogP contribution is -2.15. The average Bonchev–Trinajstić information content (AvgIpc) is 3.37. The molecule has 2 aromatic carbocycles. The third kappa shape index (κ3) is 2.88. The average molecular weight is 374 g/mol. The van der Waals surface area contributed by atoms with Gasteiger partial charge in [-0.25, -0.2) is 4.98 Å². The van der Waals surface area contributed by atoms with Crippen molar-refractivity contribution < 1.29 is 9.32 Å². The molecule has 0 unspecified atom stereocenters. The number of rotatable bonds is 4. The summed E-state index contributed by atoms with van der Waals surface area (Å²) in [6, 6.07) is 15.2. The van der Waals surface area contributed by atoms with E-state index < -0.39 is 0 Å². The smallest absolute Gasteiger partial charge is 0.230 e. The Kier molecular flexibility index (Phi) is 3.72. The van der Waals surface area contributed by atoms with Crippen molar-refractivity contribution in [1.82, 2.24) is 14.5 Å². The van der Waals surface area contributed by atoms with Gasteiger partial charge in [0.15, 0.2) is 10.5 Å². The normalized spacial score (nSPS) is 11.3. The Morgan fingerprint density at radius 1 is 1.15 bits per heavy atom. The number of carbonyl (C=O) groups is 1. The molecule has 1 amide bonds. The van der Waals surface area contributed by atoms with E-state index in [1.54, 1.807) is 11.3 Å². The van der Waals surface area contributed by atoms with E-state index in [0.717, 1.165) is 27.3 Å². The molecule has 132 valence electrons. The molecule has 3 aromatic heterocycles. The van der Waals surface area contributed by atoms with Crippen molar-refractivity contribution in [3.63, 3.8) is 0 Å². The van der Waals surface area contributed by atoms with Gasteiger partial charge < -0.3 is 9.84 Å². The molecule has 0 bridgehead atoms. The van der Waals surface area contributed by atoms with E-state index in [-0.39, 0.29) is 12.3 Å². The highest BCUT2D eigenvalue weighted by Gasteiger charge is 2.15. The van der Waals surface area contributed by atoms with Crippen LogP contribution >= 0.6 is 11.3 Å². The summed E-state index contributed by atoms with van der Waals surface area (Å²) >= 11 is 1.57. The topological polar surface area (TPSA) is 72.4 Å². The molecule has 0 aliphatic rings. The summed E-state index contributed by atoms with van der Waals surface area (Å²) < 4.78 is 7.25. The van der Waals surface area contributed by atoms with Gasteiger partial charge in [-0.05, 0) is 18.2 Å². The van der Waals surface area contributed by atoms with Crippen LogP contribution in [-0.4, -0.2) is 20.4 Å². The van der Waals surface area contributed by atoms with Gasteiger partial charge in [-0.15, -0.1) is 11.3 Å². The number of carbonyl (C=O) groups excluding carboxylic acids is 1. The standard InChI is InChI=1S/C20H14N4O2S/c25-19(11-16-14-6-2-4-8-18(14)26-23-16)21-15-7-3-1-5-13(15)17-12-24-9-10-27-20(24)22-17/h1-10,12H,11H2,(H,21,25). The second-order valence-corrected chi connectivity index (χ2v) is 6.99. The maximum absolute atomic E-state index is 12.6. The molecule has 0 aliphatic heterocycles. The molecule has 0 fully saturated rings. The van der Waals surface area contributed by atoms with Crippen LogP contribution in [0.5, 0.6) is 0 Å². The first-order chi connectivity index (χ1) is 13.3. The third-order valence-corrected chi connectivity index (χ3v) is 5.12. The van der Waals surface area contributed by atoms with E-state index in [4.69, 9.17) is 4.52 Å². The number of hydrogen-bond acceptors (Lipinski definition) is 5. The minimum Gasteiger partial charge on any atom is -0.356 e. The molecule has 0 radical (unpaired) electrons. The zero-order chi connectivity index (χ0) is 18.2. The van der Waals surface area contributed by atoms with Gasteiger partial charge in [-0.1, -0.05) is 35.5 Å². The first-order valence-corrected chi connectivity index (χ1v) is 9.30. The highest BCUT2D eigenvalue weighted by molar-refractivity contribution is 7.15. The molecule has 0 aliphatic carbocycles. The fourth-order valence-corrected chi connectivity index (χ4v) is 3.78. The number of benzene rings is 2. The van der Waals surface area contributed by atoms with Crippen LogP contribution in [0.15, 0.2) is 70.8 Å². The summed E-state index contributed by atoms with van der Waals surface area (Å²) in [7, 11) is 0. The van der Waals surface area contributed by atoms with Gasteiger partial charge in [0.1, 0.15) is 5.69 Å². The lowest BCUT2D eigenvalue weighted by molar-refractivity contribution is -0.115. The minimum atomic E-state index is -0.150. The van der Waals surface area contributed by atoms with E-state index in [1.807, 2.05) is 70.7 Å². The summed E-state index contributed by atoms with van der Waals surface area (Å²) in [6.45, 7) is 0. The number of hydrogen-bond donors (Lipinski definition) is 1. The highest BCUT2D eigenvalue weighted by Crippen LogP contribution is 2.28. The second-order valence-electron chi connectivity index (χ2n) is 6.11. The van der Waals surface area contributed by atoms with E-state index in [9.17, 15) is 4.79 Å². The van der Waals surface area contributed by atoms with Crippen molar-refractivity contribution >= 4 is 38.9 Å². The number of para-hydroxylation sites is 2. The largest absolute Gasteiger partial charge is 0.356 e. The number of thiazole rings is 1. The van der Waals surface area contributed by atoms with Crippen LogP contribution in [0.2, 0.25) is 0 Å². The fourth-order valence-electron chi connectivity index (χ4n) is 3.08. The Morgan fingerprint density at radius 2 is 2.00 bits per heavy atom. The number of nitrogens with zero attached hydrogens (tertiary/aromatic N) is 3. The molecule has 0 atom stereocenters. The zero-order valence-corrected chi connectivity index (χ0v) is 14.9. The van der Waals surface area contributed by atoms with Crippen LogP contribution < -0.4 is 5.32 Å². The minimum absolute atomic E-state index is 0.142. The molecular weight excluding hydrogens is 360 g/mol. The van der Waals surface area contributed by atoms with Crippen molar-refractivity contribution in [1.29, 1.82) is 0 Å². The van der Waals surface area contributed by atoms with Crippen molar-refractivity contribution in [2.45, 2.75) is 6.42 Å². The molecule has 6 nitrogen and oxygen atoms in total. The molecular formula is C20H14N4O2S. The van der Waals surface area contributed by atoms with Crippen LogP contribution in [0.4, 0.5) is 5.69 Å². The number of imidazole rings is 1. The third-order valence-electron chi connectivity index (χ3n) is 4.35. The zero-order valence-electron chi connectivity index (χ0n) is 14.1. The summed E-state index contributed by atoms with van der Waals surface area (Å²) in [4.78, 5) is 18.2. The van der Waals surface area contributed by atoms with E-state index in [1.165, 1.54) is 0 Å². The van der Waals surface area contributed by atoms with E-state index >= 15 is 0 Å². The van der Waals surface area contributed by atoms with Crippen LogP contribution in [0, 0.1) is 0 Å². The predicted molar refractivity (Wildman–Crippen MR) is 105 cm³/mol. The molecule has 1 N–H and O–H groups in total. The van der Waals surface area contributed by atoms with Gasteiger partial charge in [0.25, 0.3) is 0 Å². The molecule has 3 heterocycles. The Morgan fingerprint density at radius 3 is 2.93 bits per heavy atom. The molecule has 7 heteroatoms. The maximum atomic E-state index is 12.6. The van der Waals surface area contributed by atoms with Gasteiger partial charge in [-0.2, -0.15) is 0 Å². The van der Waals surface area contributed by atoms with Crippen LogP contribution in [-0.2, 0) is 11.2 Å². The lowest BCUT2D eigenvalue weighted by Gasteiger charge is -2.09. The van der Waals surface area contributed by atoms with Crippen LogP contribution in [0.1, 0.15) is 5.69 Å². The lowest BCUT2D eigenvalue weighted by atomic mass is 10.1. The maximum Gasteiger partial charge on any atom is 0.230 e. The number of fused-ring (bicyclic) bond motifs is 2. The predicted octanol–water partition coefficient (Wildman–Crippen LogP) is 4.39. The molecule has 5 aromatic rings. The van der Waals surface area contributed by atoms with Crippen molar-refractivity contribution in [2.24, 2.45) is 0 Å². The molecule has 0 spiro atoms. The number of anilines is 1. The van der Waals surface area contributed by atoms with Crippen molar-refractivity contribution in [3.05, 3.63) is 72.0 Å². The Balaban J connectivity index is 1.42. The van der Waals surface area contributed by atoms with Crippen LogP contribution in [0.25, 0.3) is 27.2 Å². The molecule has 5 rings (SSSR count). The quantitative estimate of drug-likeness (QED) is 0.506. The highest BCUT2D eigenvalue weighted by atomic mass is 32.1. The van der Waals surface area contributed by atoms with Crippen molar-refractivity contribution in [3.8, 4) is 11.3 Å². The Labute approximate surface area is 158 Å². The van der Waals surface area contributed by atoms with Gasteiger partial charge in [0, 0.05) is 28.7 Å². The fraction of sp³-hybridized carbons (Fsp3) is 0.0500. The summed E-state index contributed by atoms with van der Waals surface area (Å²) in [5, 5.41) is 9.86. The summed E-state index contributed by atoms with van der Waals surface area (Å²) in [6.07, 6.45) is 4.07. The molecule has 27 heavy (non-hydrogen) atoms. The monoisotopic (exact) mass is 374 g/mol. The molecule has 0 saturated heterocycles. The van der Waals surface area contributed by atoms with Crippen molar-refractivity contribution in [2.75, 3.05) is 5.32 Å². The summed E-state index contributed by atoms with van der Waals surface area (Å²) in [5.41, 5.74) is 3.74. The van der Waals surface area contributed by atoms with Gasteiger partial charge in [0.2, 0.25) is 5.91 Å². The van der Waals surface area contributed by atoms with Gasteiger partial charge in [-0.3, -0.25) is 9.20 Å². The van der Waals surface area contributed by atoms with E-state index in [2.05, 4.69) is 15.5 Å². The SMILES string of the molecule is O=C(Cc1noc2ccccc12)Nc1ccccc1-c1cn2ccsc2n1. The number of aromatic nitrogens is 3. The first-order valence-electron chi connectivity index (χ1n) is 8.43. The first kappa shape index (κ1) is 15.8. The van der Waals surface area contributed by atoms with E-state index in [0.29, 0.717) is 11.3 Å². The van der Waals surface area contributed by atoms with Gasteiger partial charge in [0.05, 0.1) is 17.8 Å². The summed E-state index contributed by atoms with van der Waals surface area (Å²) in [5.74, 6) is -0.150. The number of nitrogens with one attached hydrogen (secondary N) is 1.